The van der Waals surface area contributed by atoms with Gasteiger partial charge in [0.1, 0.15) is 18.0 Å². The molecule has 1 N–H and O–H groups in total. The number of hydrogen-bond acceptors (Lipinski definition) is 5. The second kappa shape index (κ2) is 7.94. The van der Waals surface area contributed by atoms with Crippen molar-refractivity contribution in [2.75, 3.05) is 44.1 Å². The molecule has 0 saturated carbocycles. The monoisotopic (exact) mass is 266 g/mol. The predicted molar refractivity (Wildman–Crippen MR) is 80.0 cm³/mol. The van der Waals surface area contributed by atoms with E-state index in [2.05, 4.69) is 41.0 Å². The largest absolute Gasteiger partial charge is 0.383 e. The lowest BCUT2D eigenvalue weighted by atomic mass is 10.0. The summed E-state index contributed by atoms with van der Waals surface area (Å²) >= 11 is 0. The van der Waals surface area contributed by atoms with Crippen molar-refractivity contribution in [2.24, 2.45) is 0 Å². The van der Waals surface area contributed by atoms with Crippen molar-refractivity contribution in [1.82, 2.24) is 9.97 Å². The Morgan fingerprint density at radius 2 is 2.11 bits per heavy atom. The second-order valence-corrected chi connectivity index (χ2v) is 4.96. The Labute approximate surface area is 116 Å². The number of aromatic nitrogens is 2. The fourth-order valence-electron chi connectivity index (χ4n) is 1.94. The first-order valence-electron chi connectivity index (χ1n) is 6.90. The quantitative estimate of drug-likeness (QED) is 0.783. The van der Waals surface area contributed by atoms with Gasteiger partial charge in [0, 0.05) is 32.8 Å². The lowest BCUT2D eigenvalue weighted by Crippen LogP contribution is -2.25. The van der Waals surface area contributed by atoms with E-state index in [1.807, 2.05) is 7.05 Å². The maximum atomic E-state index is 5.13. The van der Waals surface area contributed by atoms with Crippen LogP contribution < -0.4 is 10.2 Å². The number of rotatable bonds is 8. The number of methoxy groups -OCH3 is 1. The highest BCUT2D eigenvalue weighted by molar-refractivity contribution is 5.60. The molecule has 1 heterocycles. The Kier molecular flexibility index (Phi) is 6.56. The van der Waals surface area contributed by atoms with Crippen molar-refractivity contribution in [3.63, 3.8) is 0 Å². The minimum atomic E-state index is 0.376. The van der Waals surface area contributed by atoms with E-state index in [4.69, 9.17) is 4.74 Å². The molecule has 0 aliphatic heterocycles. The maximum absolute atomic E-state index is 5.13. The molecule has 0 radical (unpaired) electrons. The van der Waals surface area contributed by atoms with Crippen molar-refractivity contribution in [3.05, 3.63) is 11.9 Å². The molecule has 0 atom stereocenters. The Bertz CT molecular complexity index is 382. The van der Waals surface area contributed by atoms with E-state index < -0.39 is 0 Å². The van der Waals surface area contributed by atoms with Gasteiger partial charge in [-0.1, -0.05) is 20.8 Å². The van der Waals surface area contributed by atoms with E-state index in [9.17, 15) is 0 Å². The molecule has 5 nitrogen and oxygen atoms in total. The van der Waals surface area contributed by atoms with E-state index in [1.165, 1.54) is 5.56 Å². The van der Waals surface area contributed by atoms with Crippen molar-refractivity contribution >= 4 is 11.6 Å². The van der Waals surface area contributed by atoms with Gasteiger partial charge in [-0.2, -0.15) is 0 Å². The molecule has 0 amide bonds. The van der Waals surface area contributed by atoms with Gasteiger partial charge in [0.25, 0.3) is 0 Å². The first-order chi connectivity index (χ1) is 9.11. The zero-order valence-electron chi connectivity index (χ0n) is 12.7. The van der Waals surface area contributed by atoms with Gasteiger partial charge in [0.05, 0.1) is 6.61 Å². The lowest BCUT2D eigenvalue weighted by molar-refractivity contribution is 0.206. The number of anilines is 2. The fourth-order valence-corrected chi connectivity index (χ4v) is 1.94. The molecule has 0 fully saturated rings. The zero-order valence-corrected chi connectivity index (χ0v) is 12.7. The van der Waals surface area contributed by atoms with Crippen LogP contribution in [-0.2, 0) is 4.74 Å². The third-order valence-corrected chi connectivity index (χ3v) is 2.98. The van der Waals surface area contributed by atoms with Gasteiger partial charge in [0.2, 0.25) is 0 Å². The summed E-state index contributed by atoms with van der Waals surface area (Å²) in [4.78, 5) is 10.9. The molecule has 0 bridgehead atoms. The molecule has 19 heavy (non-hydrogen) atoms. The van der Waals surface area contributed by atoms with Gasteiger partial charge < -0.3 is 15.0 Å². The summed E-state index contributed by atoms with van der Waals surface area (Å²) in [6, 6.07) is 0. The third kappa shape index (κ3) is 4.35. The van der Waals surface area contributed by atoms with Crippen LogP contribution >= 0.6 is 0 Å². The van der Waals surface area contributed by atoms with Gasteiger partial charge in [-0.3, -0.25) is 0 Å². The molecule has 0 aliphatic carbocycles. The predicted octanol–water partition coefficient (Wildman–Crippen LogP) is 2.50. The standard InChI is InChI=1S/C14H26N4O/c1-6-7-15-13-12(11(2)3)14(17-10-16-13)18(4)8-9-19-5/h10-11H,6-9H2,1-5H3,(H,15,16,17). The molecule has 0 aromatic carbocycles. The molecule has 0 unspecified atom stereocenters. The minimum Gasteiger partial charge on any atom is -0.383 e. The summed E-state index contributed by atoms with van der Waals surface area (Å²) in [5.74, 6) is 2.31. The molecule has 5 heteroatoms. The molecule has 1 aromatic heterocycles. The average Bonchev–Trinajstić information content (AvgIpc) is 2.41. The zero-order chi connectivity index (χ0) is 14.3. The van der Waals surface area contributed by atoms with Crippen LogP contribution in [0.5, 0.6) is 0 Å². The minimum absolute atomic E-state index is 0.376. The molecular formula is C14H26N4O. The average molecular weight is 266 g/mol. The lowest BCUT2D eigenvalue weighted by Gasteiger charge is -2.24. The summed E-state index contributed by atoms with van der Waals surface area (Å²) in [7, 11) is 3.75. The van der Waals surface area contributed by atoms with Crippen LogP contribution in [-0.4, -0.2) is 43.8 Å². The van der Waals surface area contributed by atoms with Gasteiger partial charge in [-0.15, -0.1) is 0 Å². The summed E-state index contributed by atoms with van der Waals surface area (Å²) in [6.45, 7) is 8.93. The number of ether oxygens (including phenoxy) is 1. The molecule has 0 aliphatic rings. The highest BCUT2D eigenvalue weighted by Crippen LogP contribution is 2.30. The van der Waals surface area contributed by atoms with E-state index in [0.717, 1.165) is 31.1 Å². The van der Waals surface area contributed by atoms with E-state index in [1.54, 1.807) is 13.4 Å². The third-order valence-electron chi connectivity index (χ3n) is 2.98. The van der Waals surface area contributed by atoms with Gasteiger partial charge in [-0.05, 0) is 12.3 Å². The number of hydrogen-bond donors (Lipinski definition) is 1. The fraction of sp³-hybridized carbons (Fsp3) is 0.714. The topological polar surface area (TPSA) is 50.3 Å². The molecule has 0 spiro atoms. The smallest absolute Gasteiger partial charge is 0.137 e. The van der Waals surface area contributed by atoms with E-state index in [0.29, 0.717) is 12.5 Å². The van der Waals surface area contributed by atoms with Gasteiger partial charge in [0.15, 0.2) is 0 Å². The maximum Gasteiger partial charge on any atom is 0.137 e. The Morgan fingerprint density at radius 1 is 1.37 bits per heavy atom. The van der Waals surface area contributed by atoms with Gasteiger partial charge in [-0.25, -0.2) is 9.97 Å². The first-order valence-corrected chi connectivity index (χ1v) is 6.90. The highest BCUT2D eigenvalue weighted by Gasteiger charge is 2.17. The van der Waals surface area contributed by atoms with Crippen molar-refractivity contribution in [3.8, 4) is 0 Å². The van der Waals surface area contributed by atoms with Crippen LogP contribution in [0.4, 0.5) is 11.6 Å². The second-order valence-electron chi connectivity index (χ2n) is 4.96. The summed E-state index contributed by atoms with van der Waals surface area (Å²) in [5, 5.41) is 3.39. The molecule has 0 saturated heterocycles. The van der Waals surface area contributed by atoms with Gasteiger partial charge >= 0.3 is 0 Å². The Hall–Kier alpha value is -1.36. The molecular weight excluding hydrogens is 240 g/mol. The van der Waals surface area contributed by atoms with Crippen molar-refractivity contribution in [1.29, 1.82) is 0 Å². The number of nitrogens with one attached hydrogen (secondary N) is 1. The summed E-state index contributed by atoms with van der Waals surface area (Å²) in [5.41, 5.74) is 1.18. The molecule has 1 aromatic rings. The van der Waals surface area contributed by atoms with Crippen LogP contribution in [0.2, 0.25) is 0 Å². The number of nitrogens with zero attached hydrogens (tertiary/aromatic N) is 3. The highest BCUT2D eigenvalue weighted by atomic mass is 16.5. The van der Waals surface area contributed by atoms with Crippen LogP contribution in [0.15, 0.2) is 6.33 Å². The first kappa shape index (κ1) is 15.7. The SMILES string of the molecule is CCCNc1ncnc(N(C)CCOC)c1C(C)C. The summed E-state index contributed by atoms with van der Waals surface area (Å²) < 4.78 is 5.13. The van der Waals surface area contributed by atoms with E-state index >= 15 is 0 Å². The van der Waals surface area contributed by atoms with Crippen LogP contribution in [0, 0.1) is 0 Å². The normalized spacial score (nSPS) is 10.8. The van der Waals surface area contributed by atoms with Crippen LogP contribution in [0.3, 0.4) is 0 Å². The summed E-state index contributed by atoms with van der Waals surface area (Å²) in [6.07, 6.45) is 2.71. The molecule has 1 rings (SSSR count). The van der Waals surface area contributed by atoms with Crippen molar-refractivity contribution < 1.29 is 4.74 Å². The van der Waals surface area contributed by atoms with E-state index in [-0.39, 0.29) is 0 Å². The Morgan fingerprint density at radius 3 is 2.68 bits per heavy atom. The molecule has 108 valence electrons. The van der Waals surface area contributed by atoms with Crippen LogP contribution in [0.25, 0.3) is 0 Å². The van der Waals surface area contributed by atoms with Crippen molar-refractivity contribution in [2.45, 2.75) is 33.1 Å². The number of likely N-dealkylation sites (N-methyl/N-ethyl adjacent to an activating group) is 1. The Balaban J connectivity index is 3.01. The van der Waals surface area contributed by atoms with Crippen LogP contribution in [0.1, 0.15) is 38.7 Å².